The Bertz CT molecular complexity index is 1010. The van der Waals surface area contributed by atoms with Crippen molar-refractivity contribution in [1.82, 2.24) is 0 Å². The molecule has 1 aliphatic heterocycles. The summed E-state index contributed by atoms with van der Waals surface area (Å²) in [6.07, 6.45) is 5.85. The first kappa shape index (κ1) is 17.9. The van der Waals surface area contributed by atoms with Gasteiger partial charge in [0, 0.05) is 27.3 Å². The Morgan fingerprint density at radius 2 is 1.86 bits per heavy atom. The molecule has 140 valence electrons. The minimum absolute atomic E-state index is 0.302. The standard InChI is InChI=1S/C25H22ClNS/c26-19-7-4-6-18(15-19)25-22-11-5-10-21(22)23-14-17(12-13-24(23)27-25)16-28-20-8-2-1-3-9-20/h1-10,12-15,21-22,25,27H,11,16H2/t21-,22+,25+/m1/s1. The second-order valence-electron chi connectivity index (χ2n) is 7.55. The molecular weight excluding hydrogens is 382 g/mol. The average Bonchev–Trinajstić information content (AvgIpc) is 3.23. The number of allylic oxidation sites excluding steroid dienone is 2. The van der Waals surface area contributed by atoms with Crippen LogP contribution in [-0.2, 0) is 5.75 Å². The van der Waals surface area contributed by atoms with Crippen molar-refractivity contribution < 1.29 is 0 Å². The molecule has 0 saturated carbocycles. The van der Waals surface area contributed by atoms with Crippen LogP contribution in [0.25, 0.3) is 0 Å². The van der Waals surface area contributed by atoms with Gasteiger partial charge in [-0.2, -0.15) is 0 Å². The van der Waals surface area contributed by atoms with Crippen molar-refractivity contribution in [2.75, 3.05) is 5.32 Å². The average molecular weight is 404 g/mol. The lowest BCUT2D eigenvalue weighted by atomic mass is 9.76. The summed E-state index contributed by atoms with van der Waals surface area (Å²) < 4.78 is 0. The highest BCUT2D eigenvalue weighted by Crippen LogP contribution is 2.50. The van der Waals surface area contributed by atoms with E-state index >= 15 is 0 Å². The normalized spacial score (nSPS) is 22.4. The van der Waals surface area contributed by atoms with Gasteiger partial charge in [0.05, 0.1) is 6.04 Å². The number of fused-ring (bicyclic) bond motifs is 3. The van der Waals surface area contributed by atoms with Crippen molar-refractivity contribution in [3.05, 3.63) is 107 Å². The Morgan fingerprint density at radius 1 is 0.964 bits per heavy atom. The highest BCUT2D eigenvalue weighted by Gasteiger charge is 2.37. The van der Waals surface area contributed by atoms with Gasteiger partial charge in [0.25, 0.3) is 0 Å². The van der Waals surface area contributed by atoms with E-state index in [0.717, 1.165) is 17.2 Å². The third-order valence-corrected chi connectivity index (χ3v) is 7.10. The lowest BCUT2D eigenvalue weighted by Crippen LogP contribution is -2.29. The number of halogens is 1. The maximum atomic E-state index is 6.27. The zero-order valence-electron chi connectivity index (χ0n) is 15.5. The molecule has 1 nitrogen and oxygen atoms in total. The van der Waals surface area contributed by atoms with Crippen LogP contribution in [0.4, 0.5) is 5.69 Å². The van der Waals surface area contributed by atoms with Crippen LogP contribution in [0.15, 0.2) is 89.8 Å². The highest BCUT2D eigenvalue weighted by molar-refractivity contribution is 7.98. The third kappa shape index (κ3) is 3.47. The van der Waals surface area contributed by atoms with Gasteiger partial charge in [-0.3, -0.25) is 0 Å². The van der Waals surface area contributed by atoms with Gasteiger partial charge in [-0.1, -0.05) is 66.2 Å². The lowest BCUT2D eigenvalue weighted by Gasteiger charge is -2.38. The third-order valence-electron chi connectivity index (χ3n) is 5.78. The Labute approximate surface area is 175 Å². The molecule has 0 fully saturated rings. The molecule has 5 rings (SSSR count). The molecule has 1 N–H and O–H groups in total. The van der Waals surface area contributed by atoms with Crippen molar-refractivity contribution in [3.63, 3.8) is 0 Å². The topological polar surface area (TPSA) is 12.0 Å². The van der Waals surface area contributed by atoms with Crippen molar-refractivity contribution in [3.8, 4) is 0 Å². The van der Waals surface area contributed by atoms with Crippen LogP contribution in [-0.4, -0.2) is 0 Å². The molecular formula is C25H22ClNS. The molecule has 2 aliphatic rings. The molecule has 3 aromatic carbocycles. The molecule has 0 saturated heterocycles. The molecule has 0 unspecified atom stereocenters. The minimum atomic E-state index is 0.302. The fraction of sp³-hybridized carbons (Fsp3) is 0.200. The van der Waals surface area contributed by atoms with Gasteiger partial charge in [-0.15, -0.1) is 11.8 Å². The SMILES string of the molecule is Clc1cccc([C@@H]2Nc3ccc(CSc4ccccc4)cc3[C@@H]3C=CC[C@@H]32)c1. The molecule has 3 heteroatoms. The van der Waals surface area contributed by atoms with E-state index in [9.17, 15) is 0 Å². The second kappa shape index (κ2) is 7.69. The highest BCUT2D eigenvalue weighted by atomic mass is 35.5. The number of hydrogen-bond donors (Lipinski definition) is 1. The molecule has 0 radical (unpaired) electrons. The minimum Gasteiger partial charge on any atom is -0.378 e. The van der Waals surface area contributed by atoms with Gasteiger partial charge in [0.2, 0.25) is 0 Å². The van der Waals surface area contributed by atoms with E-state index in [-0.39, 0.29) is 0 Å². The number of hydrogen-bond acceptors (Lipinski definition) is 2. The fourth-order valence-electron chi connectivity index (χ4n) is 4.45. The largest absolute Gasteiger partial charge is 0.378 e. The molecule has 0 aromatic heterocycles. The summed E-state index contributed by atoms with van der Waals surface area (Å²) in [6, 6.07) is 26.1. The summed E-state index contributed by atoms with van der Waals surface area (Å²) in [5, 5.41) is 4.61. The molecule has 0 spiro atoms. The number of nitrogens with one attached hydrogen (secondary N) is 1. The predicted molar refractivity (Wildman–Crippen MR) is 120 cm³/mol. The molecule has 3 aromatic rings. The Morgan fingerprint density at radius 3 is 2.71 bits per heavy atom. The first-order chi connectivity index (χ1) is 13.8. The van der Waals surface area contributed by atoms with E-state index in [1.54, 1.807) is 0 Å². The first-order valence-corrected chi connectivity index (χ1v) is 11.1. The van der Waals surface area contributed by atoms with Crippen molar-refractivity contribution in [2.24, 2.45) is 5.92 Å². The van der Waals surface area contributed by atoms with Gasteiger partial charge in [-0.05, 0) is 59.4 Å². The van der Waals surface area contributed by atoms with Crippen LogP contribution in [0.3, 0.4) is 0 Å². The zero-order chi connectivity index (χ0) is 18.9. The second-order valence-corrected chi connectivity index (χ2v) is 9.04. The van der Waals surface area contributed by atoms with Gasteiger partial charge in [0.1, 0.15) is 0 Å². The Balaban J connectivity index is 1.42. The Hall–Kier alpha value is -2.16. The summed E-state index contributed by atoms with van der Waals surface area (Å²) in [5.74, 6) is 2.01. The number of thioether (sulfide) groups is 1. The fourth-order valence-corrected chi connectivity index (χ4v) is 5.51. The summed E-state index contributed by atoms with van der Waals surface area (Å²) in [7, 11) is 0. The van der Waals surface area contributed by atoms with Gasteiger partial charge in [0.15, 0.2) is 0 Å². The molecule has 28 heavy (non-hydrogen) atoms. The van der Waals surface area contributed by atoms with Crippen LogP contribution in [0.1, 0.15) is 35.1 Å². The van der Waals surface area contributed by atoms with Crippen LogP contribution < -0.4 is 5.32 Å². The predicted octanol–water partition coefficient (Wildman–Crippen LogP) is 7.46. The van der Waals surface area contributed by atoms with Crippen LogP contribution >= 0.6 is 23.4 Å². The van der Waals surface area contributed by atoms with Crippen LogP contribution in [0.5, 0.6) is 0 Å². The van der Waals surface area contributed by atoms with E-state index < -0.39 is 0 Å². The smallest absolute Gasteiger partial charge is 0.0554 e. The van der Waals surface area contributed by atoms with E-state index in [1.807, 2.05) is 17.8 Å². The first-order valence-electron chi connectivity index (χ1n) is 9.77. The molecule has 3 atom stereocenters. The number of rotatable bonds is 4. The Kier molecular flexibility index (Phi) is 4.92. The maximum Gasteiger partial charge on any atom is 0.0554 e. The number of benzene rings is 3. The van der Waals surface area contributed by atoms with Gasteiger partial charge < -0.3 is 5.32 Å². The molecule has 0 amide bonds. The van der Waals surface area contributed by atoms with Crippen molar-refractivity contribution >= 4 is 29.1 Å². The quantitative estimate of drug-likeness (QED) is 0.358. The van der Waals surface area contributed by atoms with Gasteiger partial charge >= 0.3 is 0 Å². The van der Waals surface area contributed by atoms with Crippen LogP contribution in [0.2, 0.25) is 5.02 Å². The monoisotopic (exact) mass is 403 g/mol. The van der Waals surface area contributed by atoms with Gasteiger partial charge in [-0.25, -0.2) is 0 Å². The summed E-state index contributed by atoms with van der Waals surface area (Å²) in [6.45, 7) is 0. The maximum absolute atomic E-state index is 6.27. The zero-order valence-corrected chi connectivity index (χ0v) is 17.1. The van der Waals surface area contributed by atoms with Crippen molar-refractivity contribution in [1.29, 1.82) is 0 Å². The molecule has 0 bridgehead atoms. The molecule has 1 heterocycles. The van der Waals surface area contributed by atoms with Crippen LogP contribution in [0, 0.1) is 5.92 Å². The molecule has 1 aliphatic carbocycles. The summed E-state index contributed by atoms with van der Waals surface area (Å²) >= 11 is 8.16. The summed E-state index contributed by atoms with van der Waals surface area (Å²) in [4.78, 5) is 1.32. The van der Waals surface area contributed by atoms with Crippen molar-refractivity contribution in [2.45, 2.75) is 29.0 Å². The van der Waals surface area contributed by atoms with E-state index in [4.69, 9.17) is 11.6 Å². The summed E-state index contributed by atoms with van der Waals surface area (Å²) in [5.41, 5.74) is 5.35. The number of anilines is 1. The van der Waals surface area contributed by atoms with E-state index in [1.165, 1.54) is 27.3 Å². The van der Waals surface area contributed by atoms with E-state index in [0.29, 0.717) is 17.9 Å². The lowest BCUT2D eigenvalue weighted by molar-refractivity contribution is 0.425. The van der Waals surface area contributed by atoms with E-state index in [2.05, 4.69) is 84.2 Å².